The molecule has 0 aromatic carbocycles. The Morgan fingerprint density at radius 1 is 1.78 bits per heavy atom. The van der Waals surface area contributed by atoms with Gasteiger partial charge in [0.25, 0.3) is 0 Å². The van der Waals surface area contributed by atoms with E-state index in [-0.39, 0.29) is 0 Å². The van der Waals surface area contributed by atoms with Crippen molar-refractivity contribution in [3.05, 3.63) is 22.4 Å². The molecule has 0 spiro atoms. The van der Waals surface area contributed by atoms with Crippen LogP contribution in [0.4, 0.5) is 0 Å². The molecule has 0 radical (unpaired) electrons. The standard InChI is InChI=1S/C5H2NS.ClH.Zn/c6-3-5-1-2-7-4-5;;/h1-2H;1H;/q-1;;+2/p-1. The molecule has 0 bridgehead atoms. The molecule has 0 aliphatic carbocycles. The molecule has 0 N–H and O–H groups in total. The summed E-state index contributed by atoms with van der Waals surface area (Å²) < 4.78 is 0. The van der Waals surface area contributed by atoms with Crippen LogP contribution in [0.5, 0.6) is 0 Å². The van der Waals surface area contributed by atoms with Crippen LogP contribution in [0, 0.1) is 16.7 Å². The van der Waals surface area contributed by atoms with Crippen LogP contribution in [-0.2, 0) is 17.3 Å². The Hall–Kier alpha value is 0.103. The molecule has 0 saturated carbocycles. The Morgan fingerprint density at radius 2 is 2.44 bits per heavy atom. The zero-order valence-electron chi connectivity index (χ0n) is 4.60. The van der Waals surface area contributed by atoms with Gasteiger partial charge in [-0.2, -0.15) is 6.07 Å². The molecule has 0 atom stereocenters. The quantitative estimate of drug-likeness (QED) is 0.474. The van der Waals surface area contributed by atoms with Gasteiger partial charge >= 0.3 is 27.0 Å². The van der Waals surface area contributed by atoms with E-state index in [1.54, 1.807) is 6.07 Å². The summed E-state index contributed by atoms with van der Waals surface area (Å²) in [6, 6.07) is 3.70. The zero-order chi connectivity index (χ0) is 7.11. The van der Waals surface area contributed by atoms with Crippen LogP contribution in [0.2, 0.25) is 0 Å². The number of halogens is 1. The molecule has 1 aromatic rings. The number of hydrogen-bond acceptors (Lipinski definition) is 2. The molecule has 0 saturated heterocycles. The fraction of sp³-hybridized carbons (Fsp3) is 0. The van der Waals surface area contributed by atoms with Crippen molar-refractivity contribution in [1.29, 1.82) is 5.26 Å². The summed E-state index contributed by atoms with van der Waals surface area (Å²) in [4.78, 5) is 0. The van der Waals surface area contributed by atoms with Crippen LogP contribution in [0.1, 0.15) is 5.56 Å². The summed E-state index contributed by atoms with van der Waals surface area (Å²) in [5.74, 6) is 0. The van der Waals surface area contributed by atoms with Gasteiger partial charge < -0.3 is 0 Å². The Kier molecular flexibility index (Phi) is 6.30. The van der Waals surface area contributed by atoms with Gasteiger partial charge in [-0.15, -0.1) is 5.38 Å². The molecule has 0 aliphatic rings. The van der Waals surface area contributed by atoms with Crippen molar-refractivity contribution in [3.63, 3.8) is 0 Å². The number of rotatable bonds is 0. The molecule has 1 rings (SSSR count). The number of hydrogen-bond donors (Lipinski definition) is 0. The second-order valence-corrected chi connectivity index (χ2v) is 1.76. The molecule has 4 heteroatoms. The Balaban J connectivity index is 0.000000291. The van der Waals surface area contributed by atoms with Crippen LogP contribution < -0.4 is 0 Å². The number of thiophene rings is 1. The molecule has 0 fully saturated rings. The number of nitriles is 1. The summed E-state index contributed by atoms with van der Waals surface area (Å²) in [5, 5.41) is 12.8. The molecular weight excluding hydrogens is 207 g/mol. The van der Waals surface area contributed by atoms with Crippen molar-refractivity contribution >= 4 is 21.0 Å². The first-order valence-corrected chi connectivity index (χ1v) is 6.83. The van der Waals surface area contributed by atoms with Crippen LogP contribution in [0.15, 0.2) is 11.4 Å². The van der Waals surface area contributed by atoms with E-state index in [1.807, 2.05) is 11.4 Å². The van der Waals surface area contributed by atoms with Gasteiger partial charge in [0, 0.05) is 0 Å². The van der Waals surface area contributed by atoms with Crippen molar-refractivity contribution in [2.75, 3.05) is 0 Å². The first-order chi connectivity index (χ1) is 4.43. The summed E-state index contributed by atoms with van der Waals surface area (Å²) >= 11 is 2.26. The van der Waals surface area contributed by atoms with Gasteiger partial charge in [-0.05, 0) is 6.07 Å². The first kappa shape index (κ1) is 9.10. The predicted octanol–water partition coefficient (Wildman–Crippen LogP) is 2.11. The SMILES string of the molecule is N#Cc1[c-]scc1.[Cl][Zn+]. The molecule has 9 heavy (non-hydrogen) atoms. The minimum atomic E-state index is 0.630. The van der Waals surface area contributed by atoms with E-state index in [9.17, 15) is 0 Å². The van der Waals surface area contributed by atoms with E-state index in [4.69, 9.17) is 15.0 Å². The average molecular weight is 209 g/mol. The number of nitrogens with zero attached hydrogens (tertiary/aromatic N) is 1. The van der Waals surface area contributed by atoms with Gasteiger partial charge in [0.2, 0.25) is 0 Å². The maximum atomic E-state index is 8.15. The summed E-state index contributed by atoms with van der Waals surface area (Å²) in [5.41, 5.74) is 0.630. The molecule has 42 valence electrons. The van der Waals surface area contributed by atoms with Crippen LogP contribution in [0.3, 0.4) is 0 Å². The van der Waals surface area contributed by atoms with Crippen LogP contribution in [-0.4, -0.2) is 0 Å². The summed E-state index contributed by atoms with van der Waals surface area (Å²) in [6.07, 6.45) is 0. The predicted molar refractivity (Wildman–Crippen MR) is 33.7 cm³/mol. The fourth-order valence-corrected chi connectivity index (χ4v) is 0.806. The summed E-state index contributed by atoms with van der Waals surface area (Å²) in [6.45, 7) is 0. The van der Waals surface area contributed by atoms with Crippen molar-refractivity contribution in [3.8, 4) is 6.07 Å². The normalized spacial score (nSPS) is 6.89. The fourth-order valence-electron chi connectivity index (χ4n) is 0.294. The molecule has 1 aromatic heterocycles. The van der Waals surface area contributed by atoms with E-state index in [0.29, 0.717) is 5.56 Å². The van der Waals surface area contributed by atoms with E-state index >= 15 is 0 Å². The third-order valence-corrected chi connectivity index (χ3v) is 1.20. The van der Waals surface area contributed by atoms with E-state index in [2.05, 4.69) is 5.38 Å². The Labute approximate surface area is 72.0 Å². The van der Waals surface area contributed by atoms with Crippen molar-refractivity contribution < 1.29 is 17.3 Å². The van der Waals surface area contributed by atoms with Crippen LogP contribution in [0.25, 0.3) is 0 Å². The summed E-state index contributed by atoms with van der Waals surface area (Å²) in [7, 11) is 4.76. The third-order valence-electron chi connectivity index (χ3n) is 0.592. The van der Waals surface area contributed by atoms with Crippen molar-refractivity contribution in [1.82, 2.24) is 0 Å². The molecule has 0 unspecified atom stereocenters. The molecule has 0 aliphatic heterocycles. The van der Waals surface area contributed by atoms with Gasteiger partial charge in [-0.25, -0.2) is 0 Å². The van der Waals surface area contributed by atoms with E-state index in [0.717, 1.165) is 17.3 Å². The molecular formula is C5H2ClNSZn. The van der Waals surface area contributed by atoms with Crippen molar-refractivity contribution in [2.45, 2.75) is 0 Å². The average Bonchev–Trinajstić information content (AvgIpc) is 2.43. The molecule has 0 amide bonds. The maximum absolute atomic E-state index is 8.15. The van der Waals surface area contributed by atoms with E-state index < -0.39 is 0 Å². The first-order valence-electron chi connectivity index (χ1n) is 2.05. The zero-order valence-corrected chi connectivity index (χ0v) is 9.13. The van der Waals surface area contributed by atoms with Gasteiger partial charge in [-0.1, -0.05) is 10.9 Å². The van der Waals surface area contributed by atoms with Gasteiger partial charge in [0.15, 0.2) is 0 Å². The van der Waals surface area contributed by atoms with Gasteiger partial charge in [0.05, 0.1) is 0 Å². The topological polar surface area (TPSA) is 23.8 Å². The van der Waals surface area contributed by atoms with E-state index in [1.165, 1.54) is 11.3 Å². The second kappa shape index (κ2) is 6.23. The minimum absolute atomic E-state index is 0.630. The van der Waals surface area contributed by atoms with Gasteiger partial charge in [-0.3, -0.25) is 16.6 Å². The second-order valence-electron chi connectivity index (χ2n) is 1.05. The van der Waals surface area contributed by atoms with Crippen LogP contribution >= 0.6 is 21.0 Å². The van der Waals surface area contributed by atoms with Crippen molar-refractivity contribution in [2.24, 2.45) is 0 Å². The monoisotopic (exact) mass is 207 g/mol. The Bertz CT molecular complexity index is 179. The Morgan fingerprint density at radius 3 is 2.67 bits per heavy atom. The third kappa shape index (κ3) is 3.64. The molecule has 1 heterocycles. The molecule has 1 nitrogen and oxygen atoms in total. The van der Waals surface area contributed by atoms with Gasteiger partial charge in [0.1, 0.15) is 0 Å².